The third-order valence-electron chi connectivity index (χ3n) is 1.03. The molecule has 0 atom stereocenters. The second kappa shape index (κ2) is 2.41. The zero-order valence-corrected chi connectivity index (χ0v) is 5.15. The van der Waals surface area contributed by atoms with Crippen LogP contribution in [0.2, 0.25) is 0 Å². The Hall–Kier alpha value is -0.160. The summed E-state index contributed by atoms with van der Waals surface area (Å²) in [5.41, 5.74) is 12.0. The summed E-state index contributed by atoms with van der Waals surface area (Å²) in [6.07, 6.45) is 0.595. The molecule has 0 aromatic rings. The van der Waals surface area contributed by atoms with Crippen LogP contribution in [0.4, 0.5) is 0 Å². The molecule has 1 rings (SSSR count). The van der Waals surface area contributed by atoms with Gasteiger partial charge in [0.2, 0.25) is 0 Å². The molecule has 0 aliphatic carbocycles. The van der Waals surface area contributed by atoms with Crippen molar-refractivity contribution in [2.24, 2.45) is 0 Å². The van der Waals surface area contributed by atoms with E-state index in [9.17, 15) is 0 Å². The van der Waals surface area contributed by atoms with Gasteiger partial charge < -0.3 is 0 Å². The summed E-state index contributed by atoms with van der Waals surface area (Å²) < 4.78 is 0. The summed E-state index contributed by atoms with van der Waals surface area (Å²) in [4.78, 5) is 0. The lowest BCUT2D eigenvalue weighted by Gasteiger charge is -2.28. The standard InChI is InChI=1S/C4H12N4/c1-3-5-7-4(2)8-6-3/h3-8H,1-2H3. The number of hydrogen-bond acceptors (Lipinski definition) is 4. The second-order valence-electron chi connectivity index (χ2n) is 2.02. The smallest absolute Gasteiger partial charge is 0.0805 e. The first kappa shape index (κ1) is 5.97. The Labute approximate surface area is 49.0 Å². The van der Waals surface area contributed by atoms with Crippen molar-refractivity contribution in [3.05, 3.63) is 0 Å². The minimum atomic E-state index is 0.297. The Bertz CT molecular complexity index is 56.4. The molecule has 0 unspecified atom stereocenters. The molecular formula is C4H12N4. The van der Waals surface area contributed by atoms with Crippen LogP contribution in [0.15, 0.2) is 0 Å². The molecule has 0 bridgehead atoms. The Kier molecular flexibility index (Phi) is 1.80. The Balaban J connectivity index is 2.19. The van der Waals surface area contributed by atoms with E-state index in [0.29, 0.717) is 12.3 Å². The van der Waals surface area contributed by atoms with Gasteiger partial charge in [-0.15, -0.1) is 0 Å². The number of hydrogen-bond donors (Lipinski definition) is 4. The largest absolute Gasteiger partial charge is 0.238 e. The summed E-state index contributed by atoms with van der Waals surface area (Å²) >= 11 is 0. The van der Waals surface area contributed by atoms with Gasteiger partial charge >= 0.3 is 0 Å². The van der Waals surface area contributed by atoms with Crippen molar-refractivity contribution in [3.8, 4) is 0 Å². The van der Waals surface area contributed by atoms with Crippen molar-refractivity contribution in [3.63, 3.8) is 0 Å². The van der Waals surface area contributed by atoms with Gasteiger partial charge in [-0.05, 0) is 13.8 Å². The maximum atomic E-state index is 3.01. The zero-order chi connectivity index (χ0) is 5.98. The topological polar surface area (TPSA) is 48.1 Å². The fraction of sp³-hybridized carbons (Fsp3) is 1.00. The zero-order valence-electron chi connectivity index (χ0n) is 5.15. The average molecular weight is 116 g/mol. The molecule has 0 amide bonds. The van der Waals surface area contributed by atoms with Gasteiger partial charge in [0.25, 0.3) is 0 Å². The van der Waals surface area contributed by atoms with E-state index in [1.807, 2.05) is 13.8 Å². The van der Waals surface area contributed by atoms with Crippen molar-refractivity contribution in [2.75, 3.05) is 0 Å². The lowest BCUT2D eigenvalue weighted by atomic mass is 10.5. The van der Waals surface area contributed by atoms with Gasteiger partial charge in [-0.3, -0.25) is 0 Å². The third-order valence-corrected chi connectivity index (χ3v) is 1.03. The fourth-order valence-corrected chi connectivity index (χ4v) is 0.572. The summed E-state index contributed by atoms with van der Waals surface area (Å²) in [7, 11) is 0. The number of nitrogens with one attached hydrogen (secondary N) is 4. The van der Waals surface area contributed by atoms with Crippen LogP contribution in [0, 0.1) is 0 Å². The summed E-state index contributed by atoms with van der Waals surface area (Å²) in [5.74, 6) is 0. The summed E-state index contributed by atoms with van der Waals surface area (Å²) in [5, 5.41) is 0. The van der Waals surface area contributed by atoms with Gasteiger partial charge in [0.15, 0.2) is 0 Å². The average Bonchev–Trinajstić information content (AvgIpc) is 1.77. The van der Waals surface area contributed by atoms with Crippen LogP contribution in [0.25, 0.3) is 0 Å². The van der Waals surface area contributed by atoms with Crippen molar-refractivity contribution in [2.45, 2.75) is 26.2 Å². The number of rotatable bonds is 0. The van der Waals surface area contributed by atoms with Gasteiger partial charge in [-0.25, -0.2) is 21.7 Å². The van der Waals surface area contributed by atoms with Gasteiger partial charge in [-0.1, -0.05) is 0 Å². The van der Waals surface area contributed by atoms with Gasteiger partial charge in [0, 0.05) is 0 Å². The molecular weight excluding hydrogens is 104 g/mol. The van der Waals surface area contributed by atoms with Gasteiger partial charge in [-0.2, -0.15) is 0 Å². The molecule has 8 heavy (non-hydrogen) atoms. The fourth-order valence-electron chi connectivity index (χ4n) is 0.572. The minimum Gasteiger partial charge on any atom is -0.238 e. The molecule has 4 N–H and O–H groups in total. The Morgan fingerprint density at radius 3 is 1.25 bits per heavy atom. The SMILES string of the molecule is CC1NNC(C)NN1. The van der Waals surface area contributed by atoms with Crippen LogP contribution in [0.5, 0.6) is 0 Å². The van der Waals surface area contributed by atoms with Crippen molar-refractivity contribution in [1.82, 2.24) is 21.7 Å². The molecule has 48 valence electrons. The van der Waals surface area contributed by atoms with Crippen LogP contribution in [-0.2, 0) is 0 Å². The van der Waals surface area contributed by atoms with E-state index in [0.717, 1.165) is 0 Å². The quantitative estimate of drug-likeness (QED) is 0.324. The van der Waals surface area contributed by atoms with Crippen LogP contribution in [-0.4, -0.2) is 12.3 Å². The molecule has 4 nitrogen and oxygen atoms in total. The molecule has 1 saturated heterocycles. The maximum absolute atomic E-state index is 3.01. The van der Waals surface area contributed by atoms with Crippen molar-refractivity contribution in [1.29, 1.82) is 0 Å². The van der Waals surface area contributed by atoms with E-state index in [-0.39, 0.29) is 0 Å². The normalized spacial score (nSPS) is 39.8. The highest BCUT2D eigenvalue weighted by Gasteiger charge is 2.08. The maximum Gasteiger partial charge on any atom is 0.0805 e. The highest BCUT2D eigenvalue weighted by Crippen LogP contribution is 1.77. The first-order chi connectivity index (χ1) is 3.79. The van der Waals surface area contributed by atoms with Crippen LogP contribution < -0.4 is 21.7 Å². The van der Waals surface area contributed by atoms with Crippen molar-refractivity contribution < 1.29 is 0 Å². The molecule has 0 spiro atoms. The Morgan fingerprint density at radius 2 is 1.00 bits per heavy atom. The van der Waals surface area contributed by atoms with E-state index in [1.165, 1.54) is 0 Å². The summed E-state index contributed by atoms with van der Waals surface area (Å²) in [6, 6.07) is 0. The van der Waals surface area contributed by atoms with Crippen LogP contribution in [0.3, 0.4) is 0 Å². The predicted molar refractivity (Wildman–Crippen MR) is 31.5 cm³/mol. The first-order valence-corrected chi connectivity index (χ1v) is 2.81. The molecule has 0 saturated carbocycles. The van der Waals surface area contributed by atoms with E-state index in [4.69, 9.17) is 0 Å². The predicted octanol–water partition coefficient (Wildman–Crippen LogP) is -1.12. The molecule has 0 radical (unpaired) electrons. The molecule has 1 heterocycles. The van der Waals surface area contributed by atoms with Crippen LogP contribution in [0.1, 0.15) is 13.8 Å². The highest BCUT2D eigenvalue weighted by atomic mass is 15.6. The van der Waals surface area contributed by atoms with E-state index in [2.05, 4.69) is 21.7 Å². The number of hydrazine groups is 2. The van der Waals surface area contributed by atoms with Crippen molar-refractivity contribution >= 4 is 0 Å². The minimum absolute atomic E-state index is 0.297. The summed E-state index contributed by atoms with van der Waals surface area (Å²) in [6.45, 7) is 4.04. The lowest BCUT2D eigenvalue weighted by molar-refractivity contribution is 0.214. The second-order valence-corrected chi connectivity index (χ2v) is 2.02. The molecule has 1 aliphatic heterocycles. The van der Waals surface area contributed by atoms with E-state index < -0.39 is 0 Å². The van der Waals surface area contributed by atoms with Gasteiger partial charge in [0.1, 0.15) is 0 Å². The third kappa shape index (κ3) is 1.41. The highest BCUT2D eigenvalue weighted by molar-refractivity contribution is 4.61. The molecule has 1 aliphatic rings. The molecule has 0 aromatic heterocycles. The van der Waals surface area contributed by atoms with E-state index in [1.54, 1.807) is 0 Å². The lowest BCUT2D eigenvalue weighted by Crippen LogP contribution is -2.66. The molecule has 0 aromatic carbocycles. The van der Waals surface area contributed by atoms with Gasteiger partial charge in [0.05, 0.1) is 12.3 Å². The molecule has 4 heteroatoms. The Morgan fingerprint density at radius 1 is 0.750 bits per heavy atom. The molecule has 1 fully saturated rings. The van der Waals surface area contributed by atoms with E-state index >= 15 is 0 Å². The monoisotopic (exact) mass is 116 g/mol. The first-order valence-electron chi connectivity index (χ1n) is 2.81. The van der Waals surface area contributed by atoms with Crippen LogP contribution >= 0.6 is 0 Å².